The molecule has 2 unspecified atom stereocenters. The molecule has 0 radical (unpaired) electrons. The van der Waals surface area contributed by atoms with Crippen molar-refractivity contribution >= 4 is 5.91 Å². The molecule has 4 rings (SSSR count). The van der Waals surface area contributed by atoms with Gasteiger partial charge in [0.15, 0.2) is 5.82 Å². The molecule has 0 bridgehead atoms. The van der Waals surface area contributed by atoms with Gasteiger partial charge in [-0.05, 0) is 43.2 Å². The fourth-order valence-electron chi connectivity index (χ4n) is 4.61. The molecule has 3 aromatic rings. The van der Waals surface area contributed by atoms with E-state index in [1.165, 1.54) is 5.56 Å². The summed E-state index contributed by atoms with van der Waals surface area (Å²) in [7, 11) is 0. The molecule has 0 N–H and O–H groups in total. The topological polar surface area (TPSA) is 59.2 Å². The summed E-state index contributed by atoms with van der Waals surface area (Å²) in [5.41, 5.74) is 2.42. The van der Waals surface area contributed by atoms with E-state index in [0.29, 0.717) is 5.89 Å². The number of carbonyl (C=O) groups excluding carboxylic acids is 1. The van der Waals surface area contributed by atoms with Crippen molar-refractivity contribution in [1.82, 2.24) is 15.0 Å². The van der Waals surface area contributed by atoms with Gasteiger partial charge >= 0.3 is 0 Å². The van der Waals surface area contributed by atoms with Crippen LogP contribution in [0.3, 0.4) is 0 Å². The quantitative estimate of drug-likeness (QED) is 0.402. The third-order valence-electron chi connectivity index (χ3n) is 6.36. The van der Waals surface area contributed by atoms with Gasteiger partial charge < -0.3 is 9.42 Å². The lowest BCUT2D eigenvalue weighted by atomic mass is 9.92. The van der Waals surface area contributed by atoms with Crippen molar-refractivity contribution in [1.29, 1.82) is 0 Å². The Hall–Kier alpha value is -2.95. The number of amides is 1. The Kier molecular flexibility index (Phi) is 7.70. The monoisotopic (exact) mass is 431 g/mol. The molecule has 0 spiro atoms. The van der Waals surface area contributed by atoms with Crippen molar-refractivity contribution in [2.24, 2.45) is 0 Å². The van der Waals surface area contributed by atoms with Crippen LogP contribution in [-0.4, -0.2) is 27.5 Å². The zero-order valence-corrected chi connectivity index (χ0v) is 19.0. The fourth-order valence-corrected chi connectivity index (χ4v) is 4.61. The summed E-state index contributed by atoms with van der Waals surface area (Å²) < 4.78 is 5.64. The van der Waals surface area contributed by atoms with Gasteiger partial charge in [0.2, 0.25) is 11.8 Å². The lowest BCUT2D eigenvalue weighted by Gasteiger charge is -2.27. The standard InChI is InChI=1S/C27H33N3O2/c1-2-3-17-23(22-15-8-5-9-16-22)27(31)30-20-11-18-24(30)26-28-25(29-32-26)19-10-14-21-12-6-4-7-13-21/h4-9,12-13,15-16,23-24H,2-3,10-11,14,17-20H2,1H3. The maximum absolute atomic E-state index is 13.6. The average molecular weight is 432 g/mol. The molecule has 1 aromatic heterocycles. The molecule has 5 nitrogen and oxygen atoms in total. The number of benzene rings is 2. The normalized spacial score (nSPS) is 16.9. The number of nitrogens with zero attached hydrogens (tertiary/aromatic N) is 3. The van der Waals surface area contributed by atoms with Crippen LogP contribution in [0.15, 0.2) is 65.2 Å². The highest BCUT2D eigenvalue weighted by atomic mass is 16.5. The lowest BCUT2D eigenvalue weighted by Crippen LogP contribution is -2.35. The van der Waals surface area contributed by atoms with E-state index in [-0.39, 0.29) is 17.9 Å². The van der Waals surface area contributed by atoms with Gasteiger partial charge in [-0.2, -0.15) is 4.98 Å². The minimum atomic E-state index is -0.106. The number of unbranched alkanes of at least 4 members (excludes halogenated alkanes) is 1. The van der Waals surface area contributed by atoms with Crippen LogP contribution in [0.1, 0.15) is 80.3 Å². The lowest BCUT2D eigenvalue weighted by molar-refractivity contribution is -0.134. The van der Waals surface area contributed by atoms with Crippen molar-refractivity contribution in [3.05, 3.63) is 83.5 Å². The molecule has 2 atom stereocenters. The van der Waals surface area contributed by atoms with Crippen molar-refractivity contribution in [3.63, 3.8) is 0 Å². The first-order chi connectivity index (χ1) is 15.8. The summed E-state index contributed by atoms with van der Waals surface area (Å²) in [6, 6.07) is 20.5. The number of hydrogen-bond donors (Lipinski definition) is 0. The van der Waals surface area contributed by atoms with Gasteiger partial charge in [-0.25, -0.2) is 0 Å². The van der Waals surface area contributed by atoms with E-state index in [2.05, 4.69) is 53.5 Å². The van der Waals surface area contributed by atoms with Gasteiger partial charge in [-0.3, -0.25) is 4.79 Å². The molecular weight excluding hydrogens is 398 g/mol. The Morgan fingerprint density at radius 2 is 1.81 bits per heavy atom. The van der Waals surface area contributed by atoms with Gasteiger partial charge in [0.1, 0.15) is 6.04 Å². The van der Waals surface area contributed by atoms with Gasteiger partial charge in [-0.15, -0.1) is 0 Å². The Bertz CT molecular complexity index is 971. The van der Waals surface area contributed by atoms with E-state index < -0.39 is 0 Å². The van der Waals surface area contributed by atoms with E-state index in [9.17, 15) is 4.79 Å². The highest BCUT2D eigenvalue weighted by molar-refractivity contribution is 5.84. The first-order valence-corrected chi connectivity index (χ1v) is 12.0. The molecule has 0 aliphatic carbocycles. The average Bonchev–Trinajstić information content (AvgIpc) is 3.50. The highest BCUT2D eigenvalue weighted by Crippen LogP contribution is 2.35. The Balaban J connectivity index is 1.41. The summed E-state index contributed by atoms with van der Waals surface area (Å²) in [6.07, 6.45) is 7.59. The smallest absolute Gasteiger partial charge is 0.249 e. The maximum Gasteiger partial charge on any atom is 0.249 e. The molecule has 1 aliphatic heterocycles. The molecule has 1 fully saturated rings. The molecular formula is C27H33N3O2. The summed E-state index contributed by atoms with van der Waals surface area (Å²) in [4.78, 5) is 20.3. The second-order valence-corrected chi connectivity index (χ2v) is 8.68. The Morgan fingerprint density at radius 1 is 1.06 bits per heavy atom. The zero-order valence-electron chi connectivity index (χ0n) is 19.0. The molecule has 32 heavy (non-hydrogen) atoms. The van der Waals surface area contributed by atoms with E-state index in [1.807, 2.05) is 29.2 Å². The van der Waals surface area contributed by atoms with Crippen LogP contribution in [0.4, 0.5) is 0 Å². The summed E-state index contributed by atoms with van der Waals surface area (Å²) in [6.45, 7) is 2.92. The third-order valence-corrected chi connectivity index (χ3v) is 6.36. The minimum Gasteiger partial charge on any atom is -0.337 e. The number of likely N-dealkylation sites (tertiary alicyclic amines) is 1. The first-order valence-electron chi connectivity index (χ1n) is 12.0. The molecule has 1 aliphatic rings. The molecule has 2 aromatic carbocycles. The van der Waals surface area contributed by atoms with E-state index >= 15 is 0 Å². The van der Waals surface area contributed by atoms with Gasteiger partial charge in [0, 0.05) is 13.0 Å². The minimum absolute atomic E-state index is 0.106. The zero-order chi connectivity index (χ0) is 22.2. The van der Waals surface area contributed by atoms with Gasteiger partial charge in [-0.1, -0.05) is 85.6 Å². The summed E-state index contributed by atoms with van der Waals surface area (Å²) in [5.74, 6) is 1.41. The molecule has 5 heteroatoms. The fraction of sp³-hybridized carbons (Fsp3) is 0.444. The number of hydrogen-bond acceptors (Lipinski definition) is 4. The summed E-state index contributed by atoms with van der Waals surface area (Å²) >= 11 is 0. The van der Waals surface area contributed by atoms with Crippen LogP contribution < -0.4 is 0 Å². The third kappa shape index (κ3) is 5.45. The number of rotatable bonds is 10. The predicted octanol–water partition coefficient (Wildman–Crippen LogP) is 5.88. The van der Waals surface area contributed by atoms with Crippen LogP contribution in [0.2, 0.25) is 0 Å². The number of aromatic nitrogens is 2. The Morgan fingerprint density at radius 3 is 2.56 bits per heavy atom. The van der Waals surface area contributed by atoms with Crippen molar-refractivity contribution in [2.45, 2.75) is 70.3 Å². The van der Waals surface area contributed by atoms with Crippen LogP contribution in [-0.2, 0) is 17.6 Å². The van der Waals surface area contributed by atoms with E-state index in [0.717, 1.165) is 69.3 Å². The molecule has 0 saturated carbocycles. The van der Waals surface area contributed by atoms with Crippen LogP contribution in [0.25, 0.3) is 0 Å². The molecule has 1 amide bonds. The summed E-state index contributed by atoms with van der Waals surface area (Å²) in [5, 5.41) is 4.21. The van der Waals surface area contributed by atoms with Crippen LogP contribution in [0.5, 0.6) is 0 Å². The first kappa shape index (κ1) is 22.3. The molecule has 168 valence electrons. The molecule has 1 saturated heterocycles. The SMILES string of the molecule is CCCCC(C(=O)N1CCCC1c1nc(CCCc2ccccc2)no1)c1ccccc1. The van der Waals surface area contributed by atoms with Gasteiger partial charge in [0.05, 0.1) is 5.92 Å². The van der Waals surface area contributed by atoms with Crippen molar-refractivity contribution in [3.8, 4) is 0 Å². The number of aryl methyl sites for hydroxylation is 2. The van der Waals surface area contributed by atoms with E-state index in [1.54, 1.807) is 0 Å². The largest absolute Gasteiger partial charge is 0.337 e. The van der Waals surface area contributed by atoms with Gasteiger partial charge in [0.25, 0.3) is 0 Å². The second-order valence-electron chi connectivity index (χ2n) is 8.68. The maximum atomic E-state index is 13.6. The molecule has 2 heterocycles. The second kappa shape index (κ2) is 11.1. The van der Waals surface area contributed by atoms with Crippen LogP contribution in [0, 0.1) is 0 Å². The van der Waals surface area contributed by atoms with Crippen molar-refractivity contribution in [2.75, 3.05) is 6.54 Å². The Labute approximate surface area is 190 Å². The highest BCUT2D eigenvalue weighted by Gasteiger charge is 2.37. The van der Waals surface area contributed by atoms with Crippen molar-refractivity contribution < 1.29 is 9.32 Å². The predicted molar refractivity (Wildman–Crippen MR) is 125 cm³/mol. The van der Waals surface area contributed by atoms with Crippen LogP contribution >= 0.6 is 0 Å². The van der Waals surface area contributed by atoms with E-state index in [4.69, 9.17) is 4.52 Å². The number of carbonyl (C=O) groups is 1.